The van der Waals surface area contributed by atoms with Crippen LogP contribution in [-0.2, 0) is 11.3 Å². The van der Waals surface area contributed by atoms with Crippen LogP contribution in [0.15, 0.2) is 12.4 Å². The molecular weight excluding hydrogens is 222 g/mol. The van der Waals surface area contributed by atoms with Crippen molar-refractivity contribution in [3.63, 3.8) is 0 Å². The molecule has 0 aliphatic carbocycles. The summed E-state index contributed by atoms with van der Waals surface area (Å²) in [4.78, 5) is 24.4. The van der Waals surface area contributed by atoms with Crippen molar-refractivity contribution in [3.8, 4) is 0 Å². The molecule has 6 nitrogen and oxygen atoms in total. The number of hydrogen-bond acceptors (Lipinski definition) is 3. The van der Waals surface area contributed by atoms with Crippen molar-refractivity contribution in [2.75, 3.05) is 13.1 Å². The first-order valence-corrected chi connectivity index (χ1v) is 5.66. The Bertz CT molecular complexity index is 441. The number of carbonyl (C=O) groups excluding carboxylic acids is 1. The predicted octanol–water partition coefficient (Wildman–Crippen LogP) is 0.450. The van der Waals surface area contributed by atoms with Crippen molar-refractivity contribution in [3.05, 3.63) is 18.0 Å². The monoisotopic (exact) mass is 237 g/mol. The van der Waals surface area contributed by atoms with Crippen LogP contribution in [0.2, 0.25) is 0 Å². The van der Waals surface area contributed by atoms with Crippen LogP contribution in [0.4, 0.5) is 0 Å². The zero-order valence-electron chi connectivity index (χ0n) is 9.67. The summed E-state index contributed by atoms with van der Waals surface area (Å²) in [6.07, 6.45) is 3.75. The van der Waals surface area contributed by atoms with Gasteiger partial charge in [-0.15, -0.1) is 0 Å². The average molecular weight is 237 g/mol. The van der Waals surface area contributed by atoms with Gasteiger partial charge in [-0.3, -0.25) is 14.3 Å². The lowest BCUT2D eigenvalue weighted by atomic mass is 10.1. The molecule has 1 amide bonds. The van der Waals surface area contributed by atoms with Crippen LogP contribution in [0, 0.1) is 5.92 Å². The molecular formula is C11H15N3O3. The van der Waals surface area contributed by atoms with Crippen molar-refractivity contribution >= 4 is 11.9 Å². The molecule has 0 saturated carbocycles. The molecule has 1 aliphatic heterocycles. The van der Waals surface area contributed by atoms with Gasteiger partial charge >= 0.3 is 5.97 Å². The summed E-state index contributed by atoms with van der Waals surface area (Å²) in [6, 6.07) is 0. The molecule has 2 heterocycles. The van der Waals surface area contributed by atoms with E-state index in [0.29, 0.717) is 31.6 Å². The largest absolute Gasteiger partial charge is 0.481 e. The average Bonchev–Trinajstić information content (AvgIpc) is 2.97. The molecule has 2 rings (SSSR count). The maximum Gasteiger partial charge on any atom is 0.308 e. The number of aryl methyl sites for hydroxylation is 1. The normalized spacial score (nSPS) is 19.6. The summed E-state index contributed by atoms with van der Waals surface area (Å²) in [5.41, 5.74) is 0.526. The minimum absolute atomic E-state index is 0.131. The standard InChI is InChI=1S/C11H15N3O3/c1-2-14-7-9(5-12-14)10(15)13-4-3-8(6-13)11(16)17/h5,7-8H,2-4,6H2,1H3,(H,16,17). The van der Waals surface area contributed by atoms with E-state index in [0.717, 1.165) is 0 Å². The van der Waals surface area contributed by atoms with Crippen molar-refractivity contribution in [2.24, 2.45) is 5.92 Å². The molecule has 1 unspecified atom stereocenters. The number of hydrogen-bond donors (Lipinski definition) is 1. The number of nitrogens with zero attached hydrogens (tertiary/aromatic N) is 3. The van der Waals surface area contributed by atoms with Crippen LogP contribution in [0.3, 0.4) is 0 Å². The van der Waals surface area contributed by atoms with E-state index in [1.807, 2.05) is 6.92 Å². The molecule has 0 radical (unpaired) electrons. The minimum Gasteiger partial charge on any atom is -0.481 e. The molecule has 1 fully saturated rings. The highest BCUT2D eigenvalue weighted by atomic mass is 16.4. The second-order valence-corrected chi connectivity index (χ2v) is 4.16. The third-order valence-corrected chi connectivity index (χ3v) is 3.03. The van der Waals surface area contributed by atoms with Crippen LogP contribution in [0.25, 0.3) is 0 Å². The molecule has 17 heavy (non-hydrogen) atoms. The van der Waals surface area contributed by atoms with Gasteiger partial charge in [-0.2, -0.15) is 5.10 Å². The molecule has 1 aliphatic rings. The molecule has 6 heteroatoms. The second-order valence-electron chi connectivity index (χ2n) is 4.16. The fourth-order valence-electron chi connectivity index (χ4n) is 1.98. The van der Waals surface area contributed by atoms with Gasteiger partial charge in [0.05, 0.1) is 17.7 Å². The minimum atomic E-state index is -0.829. The summed E-state index contributed by atoms with van der Waals surface area (Å²) in [5.74, 6) is -1.39. The molecule has 1 saturated heterocycles. The molecule has 1 N–H and O–H groups in total. The summed E-state index contributed by atoms with van der Waals surface area (Å²) < 4.78 is 1.68. The summed E-state index contributed by atoms with van der Waals surface area (Å²) in [6.45, 7) is 3.46. The third-order valence-electron chi connectivity index (χ3n) is 3.03. The Kier molecular flexibility index (Phi) is 3.12. The lowest BCUT2D eigenvalue weighted by molar-refractivity contribution is -0.141. The van der Waals surface area contributed by atoms with E-state index in [9.17, 15) is 9.59 Å². The van der Waals surface area contributed by atoms with Gasteiger partial charge in [0.15, 0.2) is 0 Å². The van der Waals surface area contributed by atoms with E-state index < -0.39 is 11.9 Å². The van der Waals surface area contributed by atoms with Crippen LogP contribution in [-0.4, -0.2) is 44.8 Å². The zero-order valence-corrected chi connectivity index (χ0v) is 9.67. The number of likely N-dealkylation sites (tertiary alicyclic amines) is 1. The lowest BCUT2D eigenvalue weighted by Gasteiger charge is -2.14. The highest BCUT2D eigenvalue weighted by molar-refractivity contribution is 5.94. The highest BCUT2D eigenvalue weighted by Gasteiger charge is 2.31. The fraction of sp³-hybridized carbons (Fsp3) is 0.545. The van der Waals surface area contributed by atoms with Gasteiger partial charge in [0.2, 0.25) is 0 Å². The second kappa shape index (κ2) is 4.57. The van der Waals surface area contributed by atoms with Gasteiger partial charge < -0.3 is 10.0 Å². The maximum atomic E-state index is 12.0. The van der Waals surface area contributed by atoms with E-state index >= 15 is 0 Å². The molecule has 1 aromatic heterocycles. The zero-order chi connectivity index (χ0) is 12.4. The Morgan fingerprint density at radius 3 is 2.88 bits per heavy atom. The maximum absolute atomic E-state index is 12.0. The summed E-state index contributed by atoms with van der Waals surface area (Å²) >= 11 is 0. The van der Waals surface area contributed by atoms with E-state index in [1.54, 1.807) is 15.8 Å². The van der Waals surface area contributed by atoms with Crippen molar-refractivity contribution < 1.29 is 14.7 Å². The highest BCUT2D eigenvalue weighted by Crippen LogP contribution is 2.18. The molecule has 92 valence electrons. The number of rotatable bonds is 3. The van der Waals surface area contributed by atoms with Crippen molar-refractivity contribution in [2.45, 2.75) is 19.9 Å². The van der Waals surface area contributed by atoms with Crippen LogP contribution < -0.4 is 0 Å². The Morgan fingerprint density at radius 1 is 1.59 bits per heavy atom. The molecule has 1 aromatic rings. The van der Waals surface area contributed by atoms with Gasteiger partial charge in [-0.05, 0) is 13.3 Å². The Hall–Kier alpha value is -1.85. The number of carboxylic acids is 1. The number of amides is 1. The number of aromatic nitrogens is 2. The Labute approximate surface area is 98.8 Å². The smallest absolute Gasteiger partial charge is 0.308 e. The van der Waals surface area contributed by atoms with E-state index in [4.69, 9.17) is 5.11 Å². The molecule has 0 aromatic carbocycles. The molecule has 0 bridgehead atoms. The Morgan fingerprint density at radius 2 is 2.35 bits per heavy atom. The number of aliphatic carboxylic acids is 1. The fourth-order valence-corrected chi connectivity index (χ4v) is 1.98. The van der Waals surface area contributed by atoms with Crippen LogP contribution >= 0.6 is 0 Å². The topological polar surface area (TPSA) is 75.4 Å². The predicted molar refractivity (Wildman–Crippen MR) is 59.5 cm³/mol. The van der Waals surface area contributed by atoms with Crippen LogP contribution in [0.1, 0.15) is 23.7 Å². The van der Waals surface area contributed by atoms with Gasteiger partial charge in [0.25, 0.3) is 5.91 Å². The first kappa shape index (κ1) is 11.6. The van der Waals surface area contributed by atoms with E-state index in [1.165, 1.54) is 6.20 Å². The van der Waals surface area contributed by atoms with Gasteiger partial charge in [0.1, 0.15) is 0 Å². The van der Waals surface area contributed by atoms with Crippen LogP contribution in [0.5, 0.6) is 0 Å². The van der Waals surface area contributed by atoms with Gasteiger partial charge in [0, 0.05) is 25.8 Å². The molecule has 0 spiro atoms. The van der Waals surface area contributed by atoms with Crippen molar-refractivity contribution in [1.82, 2.24) is 14.7 Å². The molecule has 1 atom stereocenters. The summed E-state index contributed by atoms with van der Waals surface area (Å²) in [5, 5.41) is 12.9. The number of carboxylic acid groups (broad SMARTS) is 1. The quantitative estimate of drug-likeness (QED) is 0.828. The summed E-state index contributed by atoms with van der Waals surface area (Å²) in [7, 11) is 0. The van der Waals surface area contributed by atoms with E-state index in [2.05, 4.69) is 5.10 Å². The lowest BCUT2D eigenvalue weighted by Crippen LogP contribution is -2.29. The third kappa shape index (κ3) is 2.30. The first-order valence-electron chi connectivity index (χ1n) is 5.66. The van der Waals surface area contributed by atoms with E-state index in [-0.39, 0.29) is 5.91 Å². The number of carbonyl (C=O) groups is 2. The van der Waals surface area contributed by atoms with Crippen molar-refractivity contribution in [1.29, 1.82) is 0 Å². The first-order chi connectivity index (χ1) is 8.11. The SMILES string of the molecule is CCn1cc(C(=O)N2CCC(C(=O)O)C2)cn1. The van der Waals surface area contributed by atoms with Gasteiger partial charge in [-0.25, -0.2) is 0 Å². The Balaban J connectivity index is 2.04. The van der Waals surface area contributed by atoms with Gasteiger partial charge in [-0.1, -0.05) is 0 Å².